The van der Waals surface area contributed by atoms with E-state index >= 15 is 0 Å². The first-order valence-electron chi connectivity index (χ1n) is 5.57. The summed E-state index contributed by atoms with van der Waals surface area (Å²) < 4.78 is 0. The first-order valence-corrected chi connectivity index (χ1v) is 5.57. The van der Waals surface area contributed by atoms with Crippen molar-refractivity contribution in [2.75, 3.05) is 18.8 Å². The van der Waals surface area contributed by atoms with E-state index in [0.29, 0.717) is 12.2 Å². The van der Waals surface area contributed by atoms with Crippen LogP contribution in [0.3, 0.4) is 0 Å². The number of carboxylic acids is 1. The van der Waals surface area contributed by atoms with Crippen molar-refractivity contribution in [2.24, 2.45) is 0 Å². The number of carbonyl (C=O) groups excluding carboxylic acids is 1. The second-order valence-electron chi connectivity index (χ2n) is 3.75. The van der Waals surface area contributed by atoms with Gasteiger partial charge >= 0.3 is 5.97 Å². The highest BCUT2D eigenvalue weighted by molar-refractivity contribution is 5.93. The SMILES string of the molecule is CCN(CC(=O)O)C(=O)/C=C/c1cccc(N)c1. The van der Waals surface area contributed by atoms with Crippen molar-refractivity contribution in [3.05, 3.63) is 35.9 Å². The maximum Gasteiger partial charge on any atom is 0.323 e. The summed E-state index contributed by atoms with van der Waals surface area (Å²) >= 11 is 0. The van der Waals surface area contributed by atoms with Gasteiger partial charge in [0.05, 0.1) is 0 Å². The zero-order chi connectivity index (χ0) is 13.5. The van der Waals surface area contributed by atoms with Crippen molar-refractivity contribution in [1.82, 2.24) is 4.90 Å². The fourth-order valence-electron chi connectivity index (χ4n) is 1.44. The predicted octanol–water partition coefficient (Wildman–Crippen LogP) is 1.22. The normalized spacial score (nSPS) is 10.5. The van der Waals surface area contributed by atoms with Crippen LogP contribution in [0.25, 0.3) is 6.08 Å². The second-order valence-corrected chi connectivity index (χ2v) is 3.75. The molecule has 0 heterocycles. The number of aliphatic carboxylic acids is 1. The Hall–Kier alpha value is -2.30. The molecule has 0 radical (unpaired) electrons. The number of anilines is 1. The molecule has 5 nitrogen and oxygen atoms in total. The van der Waals surface area contributed by atoms with E-state index in [4.69, 9.17) is 10.8 Å². The lowest BCUT2D eigenvalue weighted by Gasteiger charge is -2.15. The Bertz CT molecular complexity index is 469. The molecule has 0 aliphatic heterocycles. The third kappa shape index (κ3) is 4.29. The minimum Gasteiger partial charge on any atom is -0.480 e. The number of hydrogen-bond donors (Lipinski definition) is 2. The van der Waals surface area contributed by atoms with Crippen LogP contribution in [-0.4, -0.2) is 35.0 Å². The third-order valence-corrected chi connectivity index (χ3v) is 2.35. The highest BCUT2D eigenvalue weighted by atomic mass is 16.4. The number of nitrogen functional groups attached to an aromatic ring is 1. The Morgan fingerprint density at radius 3 is 2.72 bits per heavy atom. The van der Waals surface area contributed by atoms with Gasteiger partial charge < -0.3 is 15.7 Å². The third-order valence-electron chi connectivity index (χ3n) is 2.35. The number of nitrogens with two attached hydrogens (primary N) is 1. The Morgan fingerprint density at radius 1 is 1.44 bits per heavy atom. The molecular weight excluding hydrogens is 232 g/mol. The molecule has 0 spiro atoms. The first-order chi connectivity index (χ1) is 8.52. The lowest BCUT2D eigenvalue weighted by Crippen LogP contribution is -2.34. The van der Waals surface area contributed by atoms with E-state index in [0.717, 1.165) is 5.56 Å². The molecule has 0 saturated heterocycles. The van der Waals surface area contributed by atoms with Crippen molar-refractivity contribution in [2.45, 2.75) is 6.92 Å². The molecule has 0 fully saturated rings. The molecule has 0 atom stereocenters. The summed E-state index contributed by atoms with van der Waals surface area (Å²) in [5, 5.41) is 8.65. The van der Waals surface area contributed by atoms with Crippen LogP contribution in [-0.2, 0) is 9.59 Å². The van der Waals surface area contributed by atoms with Gasteiger partial charge in [-0.15, -0.1) is 0 Å². The zero-order valence-electron chi connectivity index (χ0n) is 10.2. The van der Waals surface area contributed by atoms with Crippen molar-refractivity contribution < 1.29 is 14.7 Å². The summed E-state index contributed by atoms with van der Waals surface area (Å²) in [6, 6.07) is 7.08. The topological polar surface area (TPSA) is 83.6 Å². The van der Waals surface area contributed by atoms with Crippen LogP contribution in [0.4, 0.5) is 5.69 Å². The summed E-state index contributed by atoms with van der Waals surface area (Å²) in [6.07, 6.45) is 2.96. The average molecular weight is 248 g/mol. The summed E-state index contributed by atoms with van der Waals surface area (Å²) in [4.78, 5) is 23.5. The van der Waals surface area contributed by atoms with Gasteiger partial charge in [0.1, 0.15) is 6.54 Å². The van der Waals surface area contributed by atoms with E-state index in [1.54, 1.807) is 31.2 Å². The number of carbonyl (C=O) groups is 2. The minimum atomic E-state index is -1.03. The fraction of sp³-hybridized carbons (Fsp3) is 0.231. The average Bonchev–Trinajstić information content (AvgIpc) is 2.33. The molecule has 0 unspecified atom stereocenters. The monoisotopic (exact) mass is 248 g/mol. The van der Waals surface area contributed by atoms with Crippen LogP contribution >= 0.6 is 0 Å². The molecule has 1 aromatic rings. The van der Waals surface area contributed by atoms with Gasteiger partial charge in [0.15, 0.2) is 0 Å². The van der Waals surface area contributed by atoms with E-state index in [-0.39, 0.29) is 12.5 Å². The molecule has 0 aromatic heterocycles. The van der Waals surface area contributed by atoms with Gasteiger partial charge in [-0.2, -0.15) is 0 Å². The first kappa shape index (κ1) is 13.8. The molecule has 0 saturated carbocycles. The number of benzene rings is 1. The van der Waals surface area contributed by atoms with Crippen LogP contribution in [0.15, 0.2) is 30.3 Å². The highest BCUT2D eigenvalue weighted by Crippen LogP contribution is 2.08. The number of rotatable bonds is 5. The summed E-state index contributed by atoms with van der Waals surface area (Å²) in [7, 11) is 0. The maximum atomic E-state index is 11.7. The van der Waals surface area contributed by atoms with E-state index in [1.165, 1.54) is 11.0 Å². The largest absolute Gasteiger partial charge is 0.480 e. The standard InChI is InChI=1S/C13H16N2O3/c1-2-15(9-13(17)18)12(16)7-6-10-4-3-5-11(14)8-10/h3-8H,2,9,14H2,1H3,(H,17,18)/b7-6+. The number of hydrogen-bond acceptors (Lipinski definition) is 3. The van der Waals surface area contributed by atoms with Gasteiger partial charge in [-0.3, -0.25) is 9.59 Å². The van der Waals surface area contributed by atoms with Gasteiger partial charge in [0, 0.05) is 18.3 Å². The zero-order valence-corrected chi connectivity index (χ0v) is 10.2. The molecule has 1 rings (SSSR count). The Labute approximate surface area is 106 Å². The number of nitrogens with zero attached hydrogens (tertiary/aromatic N) is 1. The summed E-state index contributed by atoms with van der Waals surface area (Å²) in [5.41, 5.74) is 7.02. The molecule has 0 bridgehead atoms. The van der Waals surface area contributed by atoms with Crippen LogP contribution in [0, 0.1) is 0 Å². The van der Waals surface area contributed by atoms with Crippen molar-refractivity contribution in [3.63, 3.8) is 0 Å². The lowest BCUT2D eigenvalue weighted by molar-refractivity contribution is -0.142. The molecule has 96 valence electrons. The smallest absolute Gasteiger partial charge is 0.323 e. The molecule has 0 aliphatic carbocycles. The summed E-state index contributed by atoms with van der Waals surface area (Å²) in [6.45, 7) is 1.79. The van der Waals surface area contributed by atoms with E-state index < -0.39 is 5.97 Å². The molecular formula is C13H16N2O3. The molecule has 0 aliphatic rings. The van der Waals surface area contributed by atoms with Crippen LogP contribution in [0.1, 0.15) is 12.5 Å². The van der Waals surface area contributed by atoms with Gasteiger partial charge in [-0.05, 0) is 30.7 Å². The Morgan fingerprint density at radius 2 is 2.17 bits per heavy atom. The Kier molecular flexibility index (Phi) is 4.92. The highest BCUT2D eigenvalue weighted by Gasteiger charge is 2.11. The number of amides is 1. The molecule has 18 heavy (non-hydrogen) atoms. The maximum absolute atomic E-state index is 11.7. The lowest BCUT2D eigenvalue weighted by atomic mass is 10.2. The van der Waals surface area contributed by atoms with Gasteiger partial charge in [-0.25, -0.2) is 0 Å². The van der Waals surface area contributed by atoms with Crippen LogP contribution in [0.2, 0.25) is 0 Å². The van der Waals surface area contributed by atoms with Gasteiger partial charge in [-0.1, -0.05) is 12.1 Å². The molecule has 5 heteroatoms. The molecule has 1 aromatic carbocycles. The van der Waals surface area contributed by atoms with Gasteiger partial charge in [0.2, 0.25) is 5.91 Å². The second kappa shape index (κ2) is 6.44. The number of likely N-dealkylation sites (N-methyl/N-ethyl adjacent to an activating group) is 1. The minimum absolute atomic E-state index is 0.295. The van der Waals surface area contributed by atoms with Crippen LogP contribution < -0.4 is 5.73 Å². The Balaban J connectivity index is 2.71. The van der Waals surface area contributed by atoms with Gasteiger partial charge in [0.25, 0.3) is 0 Å². The van der Waals surface area contributed by atoms with Crippen molar-refractivity contribution in [3.8, 4) is 0 Å². The van der Waals surface area contributed by atoms with Crippen LogP contribution in [0.5, 0.6) is 0 Å². The predicted molar refractivity (Wildman–Crippen MR) is 69.8 cm³/mol. The van der Waals surface area contributed by atoms with Crippen molar-refractivity contribution in [1.29, 1.82) is 0 Å². The molecule has 3 N–H and O–H groups in total. The van der Waals surface area contributed by atoms with E-state index in [2.05, 4.69) is 0 Å². The van der Waals surface area contributed by atoms with E-state index in [1.807, 2.05) is 6.07 Å². The quantitative estimate of drug-likeness (QED) is 0.606. The van der Waals surface area contributed by atoms with E-state index in [9.17, 15) is 9.59 Å². The molecule has 1 amide bonds. The van der Waals surface area contributed by atoms with Crippen molar-refractivity contribution >= 4 is 23.6 Å². The number of carboxylic acid groups (broad SMARTS) is 1. The summed E-state index contributed by atoms with van der Waals surface area (Å²) in [5.74, 6) is -1.36. The fourth-order valence-corrected chi connectivity index (χ4v) is 1.44.